The molecule has 0 aliphatic carbocycles. The molecule has 2 aromatic carbocycles. The van der Waals surface area contributed by atoms with Crippen LogP contribution in [0.3, 0.4) is 0 Å². The molecule has 0 aromatic heterocycles. The molecular formula is C14H15BrN2. The summed E-state index contributed by atoms with van der Waals surface area (Å²) in [5.74, 6) is 0. The molecule has 88 valence electrons. The van der Waals surface area contributed by atoms with Crippen molar-refractivity contribution < 1.29 is 0 Å². The van der Waals surface area contributed by atoms with E-state index in [4.69, 9.17) is 5.73 Å². The van der Waals surface area contributed by atoms with Crippen molar-refractivity contribution in [3.63, 3.8) is 0 Å². The first kappa shape index (κ1) is 12.0. The number of benzene rings is 2. The summed E-state index contributed by atoms with van der Waals surface area (Å²) in [7, 11) is 0. The first-order chi connectivity index (χ1) is 8.16. The van der Waals surface area contributed by atoms with Crippen LogP contribution < -0.4 is 11.1 Å². The zero-order valence-electron chi connectivity index (χ0n) is 9.70. The standard InChI is InChI=1S/C14H15BrN2/c1-10-3-2-4-13(16)14(10)17-9-11-5-7-12(15)8-6-11/h2-8,17H,9,16H2,1H3. The Morgan fingerprint density at radius 3 is 2.47 bits per heavy atom. The zero-order chi connectivity index (χ0) is 12.3. The first-order valence-corrected chi connectivity index (χ1v) is 6.29. The lowest BCUT2D eigenvalue weighted by molar-refractivity contribution is 1.14. The number of rotatable bonds is 3. The second-order valence-corrected chi connectivity index (χ2v) is 4.93. The van der Waals surface area contributed by atoms with Gasteiger partial charge in [-0.25, -0.2) is 0 Å². The average molecular weight is 291 g/mol. The number of hydrogen-bond acceptors (Lipinski definition) is 2. The zero-order valence-corrected chi connectivity index (χ0v) is 11.3. The van der Waals surface area contributed by atoms with E-state index < -0.39 is 0 Å². The van der Waals surface area contributed by atoms with E-state index in [0.717, 1.165) is 22.4 Å². The molecule has 0 aliphatic heterocycles. The molecule has 3 N–H and O–H groups in total. The van der Waals surface area contributed by atoms with Gasteiger partial charge < -0.3 is 11.1 Å². The van der Waals surface area contributed by atoms with E-state index in [9.17, 15) is 0 Å². The van der Waals surface area contributed by atoms with Crippen molar-refractivity contribution >= 4 is 27.3 Å². The Kier molecular flexibility index (Phi) is 3.69. The number of nitrogens with one attached hydrogen (secondary N) is 1. The molecule has 0 spiro atoms. The second kappa shape index (κ2) is 5.23. The molecule has 0 saturated carbocycles. The summed E-state index contributed by atoms with van der Waals surface area (Å²) >= 11 is 3.42. The smallest absolute Gasteiger partial charge is 0.0606 e. The summed E-state index contributed by atoms with van der Waals surface area (Å²) in [6.07, 6.45) is 0. The van der Waals surface area contributed by atoms with E-state index >= 15 is 0 Å². The van der Waals surface area contributed by atoms with Crippen LogP contribution >= 0.6 is 15.9 Å². The topological polar surface area (TPSA) is 38.0 Å². The summed E-state index contributed by atoms with van der Waals surface area (Å²) in [5.41, 5.74) is 10.2. The van der Waals surface area contributed by atoms with Crippen molar-refractivity contribution in [2.75, 3.05) is 11.1 Å². The molecule has 3 heteroatoms. The van der Waals surface area contributed by atoms with Crippen LogP contribution in [0.2, 0.25) is 0 Å². The summed E-state index contributed by atoms with van der Waals surface area (Å²) in [4.78, 5) is 0. The third-order valence-electron chi connectivity index (χ3n) is 2.69. The minimum atomic E-state index is 0.780. The Morgan fingerprint density at radius 1 is 1.12 bits per heavy atom. The van der Waals surface area contributed by atoms with Gasteiger partial charge in [-0.15, -0.1) is 0 Å². The molecule has 0 saturated heterocycles. The lowest BCUT2D eigenvalue weighted by Crippen LogP contribution is -2.04. The number of halogens is 1. The van der Waals surface area contributed by atoms with Gasteiger partial charge in [-0.05, 0) is 36.2 Å². The van der Waals surface area contributed by atoms with Crippen molar-refractivity contribution in [3.05, 3.63) is 58.1 Å². The predicted octanol–water partition coefficient (Wildman–Crippen LogP) is 3.95. The molecule has 2 aromatic rings. The number of nitrogen functional groups attached to an aromatic ring is 1. The monoisotopic (exact) mass is 290 g/mol. The summed E-state index contributed by atoms with van der Waals surface area (Å²) in [6, 6.07) is 14.2. The van der Waals surface area contributed by atoms with Crippen LogP contribution in [0.5, 0.6) is 0 Å². The van der Waals surface area contributed by atoms with E-state index in [0.29, 0.717) is 0 Å². The third-order valence-corrected chi connectivity index (χ3v) is 3.22. The van der Waals surface area contributed by atoms with Gasteiger partial charge in [0, 0.05) is 11.0 Å². The molecule has 0 unspecified atom stereocenters. The summed E-state index contributed by atoms with van der Waals surface area (Å²) < 4.78 is 1.09. The molecule has 0 heterocycles. The maximum absolute atomic E-state index is 5.94. The van der Waals surface area contributed by atoms with Crippen molar-refractivity contribution in [2.24, 2.45) is 0 Å². The van der Waals surface area contributed by atoms with Gasteiger partial charge in [0.15, 0.2) is 0 Å². The highest BCUT2D eigenvalue weighted by molar-refractivity contribution is 9.10. The van der Waals surface area contributed by atoms with E-state index in [-0.39, 0.29) is 0 Å². The first-order valence-electron chi connectivity index (χ1n) is 5.50. The molecule has 17 heavy (non-hydrogen) atoms. The third kappa shape index (κ3) is 3.01. The molecule has 0 radical (unpaired) electrons. The number of para-hydroxylation sites is 1. The Bertz CT molecular complexity index is 486. The van der Waals surface area contributed by atoms with Crippen molar-refractivity contribution in [1.82, 2.24) is 0 Å². The highest BCUT2D eigenvalue weighted by atomic mass is 79.9. The minimum Gasteiger partial charge on any atom is -0.397 e. The molecule has 0 fully saturated rings. The Balaban J connectivity index is 2.10. The summed E-state index contributed by atoms with van der Waals surface area (Å²) in [5, 5.41) is 3.38. The van der Waals surface area contributed by atoms with Crippen LogP contribution in [0.1, 0.15) is 11.1 Å². The van der Waals surface area contributed by atoms with Crippen molar-refractivity contribution in [1.29, 1.82) is 0 Å². The highest BCUT2D eigenvalue weighted by Gasteiger charge is 2.01. The summed E-state index contributed by atoms with van der Waals surface area (Å²) in [6.45, 7) is 2.84. The lowest BCUT2D eigenvalue weighted by Gasteiger charge is -2.12. The predicted molar refractivity (Wildman–Crippen MR) is 77.1 cm³/mol. The average Bonchev–Trinajstić information content (AvgIpc) is 2.31. The highest BCUT2D eigenvalue weighted by Crippen LogP contribution is 2.23. The van der Waals surface area contributed by atoms with E-state index in [2.05, 4.69) is 46.4 Å². The molecule has 2 nitrogen and oxygen atoms in total. The van der Waals surface area contributed by atoms with Crippen LogP contribution in [0.25, 0.3) is 0 Å². The van der Waals surface area contributed by atoms with Gasteiger partial charge >= 0.3 is 0 Å². The van der Waals surface area contributed by atoms with Crippen LogP contribution in [0, 0.1) is 6.92 Å². The van der Waals surface area contributed by atoms with E-state index in [1.54, 1.807) is 0 Å². The lowest BCUT2D eigenvalue weighted by atomic mass is 10.1. The van der Waals surface area contributed by atoms with Gasteiger partial charge in [-0.2, -0.15) is 0 Å². The van der Waals surface area contributed by atoms with Crippen LogP contribution in [-0.2, 0) is 6.54 Å². The van der Waals surface area contributed by atoms with Gasteiger partial charge in [0.25, 0.3) is 0 Å². The van der Waals surface area contributed by atoms with Crippen molar-refractivity contribution in [2.45, 2.75) is 13.5 Å². The molecule has 0 aliphatic rings. The molecule has 0 amide bonds. The van der Waals surface area contributed by atoms with Crippen LogP contribution in [0.15, 0.2) is 46.9 Å². The Hall–Kier alpha value is -1.48. The van der Waals surface area contributed by atoms with Gasteiger partial charge in [-0.3, -0.25) is 0 Å². The SMILES string of the molecule is Cc1cccc(N)c1NCc1ccc(Br)cc1. The molecule has 0 bridgehead atoms. The normalized spacial score (nSPS) is 10.2. The second-order valence-electron chi connectivity index (χ2n) is 4.02. The minimum absolute atomic E-state index is 0.780. The number of nitrogens with two attached hydrogens (primary N) is 1. The fraction of sp³-hybridized carbons (Fsp3) is 0.143. The van der Waals surface area contributed by atoms with Gasteiger partial charge in [0.1, 0.15) is 0 Å². The maximum atomic E-state index is 5.94. The number of anilines is 2. The fourth-order valence-electron chi connectivity index (χ4n) is 1.72. The van der Waals surface area contributed by atoms with Gasteiger partial charge in [-0.1, -0.05) is 40.2 Å². The van der Waals surface area contributed by atoms with Gasteiger partial charge in [0.2, 0.25) is 0 Å². The maximum Gasteiger partial charge on any atom is 0.0606 e. The van der Waals surface area contributed by atoms with Gasteiger partial charge in [0.05, 0.1) is 11.4 Å². The largest absolute Gasteiger partial charge is 0.397 e. The Morgan fingerprint density at radius 2 is 1.82 bits per heavy atom. The molecule has 0 atom stereocenters. The van der Waals surface area contributed by atoms with Crippen LogP contribution in [-0.4, -0.2) is 0 Å². The fourth-order valence-corrected chi connectivity index (χ4v) is 1.99. The van der Waals surface area contributed by atoms with E-state index in [1.165, 1.54) is 11.1 Å². The number of hydrogen-bond donors (Lipinski definition) is 2. The molecule has 2 rings (SSSR count). The molecular weight excluding hydrogens is 276 g/mol. The van der Waals surface area contributed by atoms with Crippen molar-refractivity contribution in [3.8, 4) is 0 Å². The van der Waals surface area contributed by atoms with E-state index in [1.807, 2.05) is 24.3 Å². The Labute approximate surface area is 110 Å². The quantitative estimate of drug-likeness (QED) is 0.840. The number of aryl methyl sites for hydroxylation is 1. The van der Waals surface area contributed by atoms with Crippen LogP contribution in [0.4, 0.5) is 11.4 Å².